The number of ether oxygens (including phenoxy) is 2. The van der Waals surface area contributed by atoms with Crippen LogP contribution in [-0.2, 0) is 0 Å². The zero-order chi connectivity index (χ0) is 13.7. The zero-order valence-electron chi connectivity index (χ0n) is 10.6. The fraction of sp³-hybridized carbons (Fsp3) is 0.143. The van der Waals surface area contributed by atoms with Crippen LogP contribution < -0.4 is 9.47 Å². The first kappa shape index (κ1) is 13.4. The summed E-state index contributed by atoms with van der Waals surface area (Å²) in [7, 11) is 3.13. The number of rotatable bonds is 4. The highest BCUT2D eigenvalue weighted by Crippen LogP contribution is 2.37. The number of nitrogens with zero attached hydrogens (tertiary/aromatic N) is 2. The Morgan fingerprint density at radius 3 is 2.58 bits per heavy atom. The average molecular weight is 277 g/mol. The van der Waals surface area contributed by atoms with Gasteiger partial charge in [0.2, 0.25) is 0 Å². The summed E-state index contributed by atoms with van der Waals surface area (Å²) in [6.07, 6.45) is 6.90. The van der Waals surface area contributed by atoms with Crippen molar-refractivity contribution in [2.45, 2.75) is 0 Å². The number of methoxy groups -OCH3 is 2. The van der Waals surface area contributed by atoms with Crippen LogP contribution >= 0.6 is 11.6 Å². The van der Waals surface area contributed by atoms with Crippen molar-refractivity contribution in [1.29, 1.82) is 0 Å². The highest BCUT2D eigenvalue weighted by Gasteiger charge is 2.11. The lowest BCUT2D eigenvalue weighted by molar-refractivity contribution is 0.355. The molecule has 0 aliphatic heterocycles. The molecule has 0 N–H and O–H groups in total. The molecule has 5 heteroatoms. The molecule has 0 atom stereocenters. The largest absolute Gasteiger partial charge is 0.493 e. The van der Waals surface area contributed by atoms with Gasteiger partial charge in [-0.15, -0.1) is 0 Å². The first-order chi connectivity index (χ1) is 9.26. The molecule has 1 aromatic carbocycles. The molecule has 0 spiro atoms. The van der Waals surface area contributed by atoms with Gasteiger partial charge >= 0.3 is 0 Å². The van der Waals surface area contributed by atoms with E-state index in [4.69, 9.17) is 21.1 Å². The maximum Gasteiger partial charge on any atom is 0.179 e. The van der Waals surface area contributed by atoms with Crippen LogP contribution in [0.1, 0.15) is 11.3 Å². The molecule has 0 radical (unpaired) electrons. The molecule has 4 nitrogen and oxygen atoms in total. The topological polar surface area (TPSA) is 44.2 Å². The lowest BCUT2D eigenvalue weighted by Crippen LogP contribution is -1.92. The van der Waals surface area contributed by atoms with Crippen molar-refractivity contribution in [3.63, 3.8) is 0 Å². The summed E-state index contributed by atoms with van der Waals surface area (Å²) in [6.45, 7) is 0. The van der Waals surface area contributed by atoms with Crippen LogP contribution in [-0.4, -0.2) is 24.2 Å². The van der Waals surface area contributed by atoms with Crippen LogP contribution in [0.5, 0.6) is 11.5 Å². The number of halogens is 1. The Labute approximate surface area is 116 Å². The van der Waals surface area contributed by atoms with Crippen LogP contribution in [0.4, 0.5) is 0 Å². The van der Waals surface area contributed by atoms with Crippen molar-refractivity contribution in [3.8, 4) is 11.5 Å². The van der Waals surface area contributed by atoms with Crippen molar-refractivity contribution in [2.75, 3.05) is 14.2 Å². The summed E-state index contributed by atoms with van der Waals surface area (Å²) in [5.74, 6) is 1.13. The predicted molar refractivity (Wildman–Crippen MR) is 75.5 cm³/mol. The maximum atomic E-state index is 6.27. The summed E-state index contributed by atoms with van der Waals surface area (Å²) in [5.41, 5.74) is 1.64. The second kappa shape index (κ2) is 6.20. The minimum atomic E-state index is 0.507. The molecule has 0 amide bonds. The van der Waals surface area contributed by atoms with Gasteiger partial charge in [0.15, 0.2) is 11.5 Å². The third-order valence-corrected chi connectivity index (χ3v) is 2.94. The Morgan fingerprint density at radius 2 is 1.95 bits per heavy atom. The van der Waals surface area contributed by atoms with Gasteiger partial charge in [-0.3, -0.25) is 0 Å². The molecule has 0 fully saturated rings. The molecule has 1 aromatic heterocycles. The standard InChI is InChI=1S/C14H13ClN2O2/c1-18-12-6-4-10(13(15)14(12)19-2)3-5-11-7-8-16-9-17-11/h3-9H,1-2H3/b5-3+. The lowest BCUT2D eigenvalue weighted by Gasteiger charge is -2.10. The molecule has 0 saturated carbocycles. The molecular weight excluding hydrogens is 264 g/mol. The minimum absolute atomic E-state index is 0.507. The molecule has 2 rings (SSSR count). The predicted octanol–water partition coefficient (Wildman–Crippen LogP) is 3.32. The van der Waals surface area contributed by atoms with E-state index in [9.17, 15) is 0 Å². The smallest absolute Gasteiger partial charge is 0.179 e. The fourth-order valence-corrected chi connectivity index (χ4v) is 1.90. The van der Waals surface area contributed by atoms with E-state index in [-0.39, 0.29) is 0 Å². The van der Waals surface area contributed by atoms with Crippen molar-refractivity contribution in [1.82, 2.24) is 9.97 Å². The average Bonchev–Trinajstić information content (AvgIpc) is 2.46. The van der Waals surface area contributed by atoms with Crippen LogP contribution in [0.2, 0.25) is 5.02 Å². The van der Waals surface area contributed by atoms with E-state index in [1.165, 1.54) is 6.33 Å². The summed E-state index contributed by atoms with van der Waals surface area (Å²) in [4.78, 5) is 7.96. The zero-order valence-corrected chi connectivity index (χ0v) is 11.4. The van der Waals surface area contributed by atoms with E-state index in [0.717, 1.165) is 11.3 Å². The number of hydrogen-bond acceptors (Lipinski definition) is 4. The normalized spacial score (nSPS) is 10.7. The highest BCUT2D eigenvalue weighted by molar-refractivity contribution is 6.34. The van der Waals surface area contributed by atoms with Crippen molar-refractivity contribution in [2.24, 2.45) is 0 Å². The summed E-state index contributed by atoms with van der Waals surface area (Å²) in [6, 6.07) is 5.48. The van der Waals surface area contributed by atoms with Crippen molar-refractivity contribution >= 4 is 23.8 Å². The lowest BCUT2D eigenvalue weighted by atomic mass is 10.1. The Bertz CT molecular complexity index is 585. The first-order valence-corrected chi connectivity index (χ1v) is 5.98. The van der Waals surface area contributed by atoms with Crippen molar-refractivity contribution in [3.05, 3.63) is 47.0 Å². The Kier molecular flexibility index (Phi) is 4.36. The van der Waals surface area contributed by atoms with Gasteiger partial charge in [0.05, 0.1) is 24.9 Å². The van der Waals surface area contributed by atoms with Crippen LogP contribution in [0.25, 0.3) is 12.2 Å². The third-order valence-electron chi connectivity index (χ3n) is 2.55. The van der Waals surface area contributed by atoms with Gasteiger partial charge in [0.25, 0.3) is 0 Å². The molecule has 0 aliphatic rings. The van der Waals surface area contributed by atoms with Gasteiger partial charge < -0.3 is 9.47 Å². The minimum Gasteiger partial charge on any atom is -0.493 e. The van der Waals surface area contributed by atoms with E-state index < -0.39 is 0 Å². The van der Waals surface area contributed by atoms with Crippen LogP contribution in [0.15, 0.2) is 30.7 Å². The molecule has 1 heterocycles. The van der Waals surface area contributed by atoms with E-state index >= 15 is 0 Å². The molecule has 0 aliphatic carbocycles. The summed E-state index contributed by atoms with van der Waals surface area (Å²) in [5, 5.41) is 0.507. The molecular formula is C14H13ClN2O2. The number of benzene rings is 1. The number of aromatic nitrogens is 2. The molecule has 0 saturated heterocycles. The number of hydrogen-bond donors (Lipinski definition) is 0. The monoisotopic (exact) mass is 276 g/mol. The van der Waals surface area contributed by atoms with E-state index in [0.29, 0.717) is 16.5 Å². The Morgan fingerprint density at radius 1 is 1.11 bits per heavy atom. The SMILES string of the molecule is COc1ccc(/C=C/c2ccncn2)c(Cl)c1OC. The van der Waals surface area contributed by atoms with Gasteiger partial charge in [0.1, 0.15) is 6.33 Å². The first-order valence-electron chi connectivity index (χ1n) is 5.61. The second-order valence-electron chi connectivity index (χ2n) is 3.67. The second-order valence-corrected chi connectivity index (χ2v) is 4.05. The quantitative estimate of drug-likeness (QED) is 0.859. The summed E-state index contributed by atoms with van der Waals surface area (Å²) < 4.78 is 10.4. The molecule has 98 valence electrons. The van der Waals surface area contributed by atoms with Gasteiger partial charge in [-0.05, 0) is 29.8 Å². The van der Waals surface area contributed by atoms with Crippen molar-refractivity contribution < 1.29 is 9.47 Å². The van der Waals surface area contributed by atoms with Gasteiger partial charge in [0, 0.05) is 6.20 Å². The molecule has 2 aromatic rings. The van der Waals surface area contributed by atoms with Gasteiger partial charge in [-0.1, -0.05) is 17.7 Å². The van der Waals surface area contributed by atoms with Gasteiger partial charge in [-0.25, -0.2) is 9.97 Å². The third kappa shape index (κ3) is 3.03. The highest BCUT2D eigenvalue weighted by atomic mass is 35.5. The molecule has 0 bridgehead atoms. The van der Waals surface area contributed by atoms with Crippen LogP contribution in [0.3, 0.4) is 0 Å². The molecule has 19 heavy (non-hydrogen) atoms. The van der Waals surface area contributed by atoms with Crippen LogP contribution in [0, 0.1) is 0 Å². The summed E-state index contributed by atoms with van der Waals surface area (Å²) >= 11 is 6.27. The van der Waals surface area contributed by atoms with E-state index in [2.05, 4.69) is 9.97 Å². The van der Waals surface area contributed by atoms with E-state index in [1.807, 2.05) is 30.4 Å². The van der Waals surface area contributed by atoms with E-state index in [1.54, 1.807) is 20.4 Å². The Hall–Kier alpha value is -2.07. The molecule has 0 unspecified atom stereocenters. The maximum absolute atomic E-state index is 6.27. The Balaban J connectivity index is 2.34. The fourth-order valence-electron chi connectivity index (χ4n) is 1.61. The van der Waals surface area contributed by atoms with Gasteiger partial charge in [-0.2, -0.15) is 0 Å².